The largest absolute Gasteiger partial charge is 0.493 e. The molecule has 0 bridgehead atoms. The molecule has 0 N–H and O–H groups in total. The lowest BCUT2D eigenvalue weighted by Crippen LogP contribution is -2.40. The van der Waals surface area contributed by atoms with Gasteiger partial charge in [-0.05, 0) is 87.4 Å². The molecule has 0 radical (unpaired) electrons. The molecule has 202 valence electrons. The van der Waals surface area contributed by atoms with Crippen molar-refractivity contribution in [3.05, 3.63) is 81.2 Å². The maximum atomic E-state index is 9.06. The Morgan fingerprint density at radius 1 is 0.974 bits per heavy atom. The SMILES string of the molecule is COc1cc2c(cc1OC)C(CN=[N+]=[N-])N(Cc1ccc3cc(CO[Si](C)(C)C(C)(C)C)ccc3c1)CC2. The first-order chi connectivity index (χ1) is 18.1. The Labute approximate surface area is 227 Å². The van der Waals surface area contributed by atoms with Gasteiger partial charge in [-0.15, -0.1) is 0 Å². The fourth-order valence-corrected chi connectivity index (χ4v) is 5.81. The summed E-state index contributed by atoms with van der Waals surface area (Å²) >= 11 is 0. The Balaban J connectivity index is 1.55. The van der Waals surface area contributed by atoms with Gasteiger partial charge < -0.3 is 13.9 Å². The van der Waals surface area contributed by atoms with Crippen LogP contribution in [0.3, 0.4) is 0 Å². The van der Waals surface area contributed by atoms with Crippen LogP contribution in [0, 0.1) is 0 Å². The van der Waals surface area contributed by atoms with Crippen molar-refractivity contribution in [2.45, 2.75) is 64.5 Å². The number of hydrogen-bond donors (Lipinski definition) is 0. The monoisotopic (exact) mass is 532 g/mol. The molecular formula is C30H40N4O3Si. The van der Waals surface area contributed by atoms with Gasteiger partial charge in [-0.3, -0.25) is 4.90 Å². The van der Waals surface area contributed by atoms with Gasteiger partial charge in [0.05, 0.1) is 20.8 Å². The summed E-state index contributed by atoms with van der Waals surface area (Å²) in [6, 6.07) is 17.4. The number of azide groups is 1. The molecule has 0 spiro atoms. The van der Waals surface area contributed by atoms with E-state index in [1.165, 1.54) is 27.5 Å². The molecule has 3 aromatic rings. The van der Waals surface area contributed by atoms with E-state index in [1.54, 1.807) is 14.2 Å². The van der Waals surface area contributed by atoms with Crippen molar-refractivity contribution in [3.8, 4) is 11.5 Å². The minimum Gasteiger partial charge on any atom is -0.493 e. The summed E-state index contributed by atoms with van der Waals surface area (Å²) in [7, 11) is 1.51. The minimum absolute atomic E-state index is 0.0278. The quantitative estimate of drug-likeness (QED) is 0.122. The van der Waals surface area contributed by atoms with Gasteiger partial charge in [-0.2, -0.15) is 0 Å². The van der Waals surface area contributed by atoms with Crippen LogP contribution in [0.4, 0.5) is 0 Å². The molecule has 7 nitrogen and oxygen atoms in total. The summed E-state index contributed by atoms with van der Waals surface area (Å²) in [5, 5.41) is 6.58. The Kier molecular flexibility index (Phi) is 8.38. The van der Waals surface area contributed by atoms with Crippen molar-refractivity contribution < 1.29 is 13.9 Å². The molecule has 0 aromatic heterocycles. The van der Waals surface area contributed by atoms with E-state index < -0.39 is 8.32 Å². The third kappa shape index (κ3) is 5.99. The van der Waals surface area contributed by atoms with Crippen LogP contribution in [-0.4, -0.2) is 40.5 Å². The Bertz CT molecular complexity index is 1350. The maximum absolute atomic E-state index is 9.06. The van der Waals surface area contributed by atoms with E-state index in [9.17, 15) is 0 Å². The molecule has 0 aliphatic carbocycles. The fraction of sp³-hybridized carbons (Fsp3) is 0.467. The summed E-state index contributed by atoms with van der Waals surface area (Å²) in [5.74, 6) is 1.42. The van der Waals surface area contributed by atoms with Crippen molar-refractivity contribution in [1.82, 2.24) is 4.90 Å². The van der Waals surface area contributed by atoms with Gasteiger partial charge in [0, 0.05) is 30.6 Å². The summed E-state index contributed by atoms with van der Waals surface area (Å²) in [5.41, 5.74) is 13.8. The van der Waals surface area contributed by atoms with Gasteiger partial charge >= 0.3 is 0 Å². The molecule has 1 heterocycles. The van der Waals surface area contributed by atoms with Gasteiger partial charge in [-0.1, -0.05) is 50.2 Å². The topological polar surface area (TPSA) is 79.7 Å². The maximum Gasteiger partial charge on any atom is 0.192 e. The summed E-state index contributed by atoms with van der Waals surface area (Å²) in [6.07, 6.45) is 0.896. The summed E-state index contributed by atoms with van der Waals surface area (Å²) < 4.78 is 17.5. The molecule has 0 amide bonds. The molecular weight excluding hydrogens is 492 g/mol. The van der Waals surface area contributed by atoms with Crippen molar-refractivity contribution >= 4 is 19.1 Å². The Morgan fingerprint density at radius 3 is 2.24 bits per heavy atom. The van der Waals surface area contributed by atoms with Crippen LogP contribution in [0.15, 0.2) is 53.6 Å². The second-order valence-corrected chi connectivity index (χ2v) is 16.4. The van der Waals surface area contributed by atoms with Gasteiger partial charge in [0.2, 0.25) is 0 Å². The van der Waals surface area contributed by atoms with Gasteiger partial charge in [-0.25, -0.2) is 0 Å². The van der Waals surface area contributed by atoms with Crippen LogP contribution in [0.2, 0.25) is 18.1 Å². The van der Waals surface area contributed by atoms with Crippen LogP contribution in [0.5, 0.6) is 11.5 Å². The van der Waals surface area contributed by atoms with Gasteiger partial charge in [0.1, 0.15) is 0 Å². The first-order valence-corrected chi connectivity index (χ1v) is 16.1. The first kappa shape index (κ1) is 28.0. The lowest BCUT2D eigenvalue weighted by molar-refractivity contribution is 0.180. The third-order valence-corrected chi connectivity index (χ3v) is 12.7. The molecule has 4 rings (SSSR count). The normalized spacial score (nSPS) is 16.1. The van der Waals surface area contributed by atoms with E-state index in [0.717, 1.165) is 30.8 Å². The van der Waals surface area contributed by atoms with Crippen LogP contribution in [-0.2, 0) is 24.0 Å². The Hall–Kier alpha value is -3.03. The number of hydrogen-bond acceptors (Lipinski definition) is 5. The van der Waals surface area contributed by atoms with Gasteiger partial charge in [0.25, 0.3) is 0 Å². The molecule has 0 fully saturated rings. The van der Waals surface area contributed by atoms with Crippen molar-refractivity contribution in [1.29, 1.82) is 0 Å². The second-order valence-electron chi connectivity index (χ2n) is 11.6. The highest BCUT2D eigenvalue weighted by atomic mass is 28.4. The minimum atomic E-state index is -1.79. The van der Waals surface area contributed by atoms with E-state index in [-0.39, 0.29) is 11.1 Å². The number of benzene rings is 3. The molecule has 1 aliphatic heterocycles. The highest BCUT2D eigenvalue weighted by molar-refractivity contribution is 6.74. The Morgan fingerprint density at radius 2 is 1.61 bits per heavy atom. The standard InChI is InChI=1S/C30H40N4O3Si/c1-30(2,3)38(6,7)37-20-22-9-11-23-14-21(8-10-24(23)15-22)19-34-13-12-25-16-28(35-4)29(36-5)17-26(25)27(34)18-32-33-31/h8-11,14-17,27H,12-13,18-20H2,1-7H3. The van der Waals surface area contributed by atoms with E-state index >= 15 is 0 Å². The zero-order valence-corrected chi connectivity index (χ0v) is 24.7. The predicted octanol–water partition coefficient (Wildman–Crippen LogP) is 7.79. The first-order valence-electron chi connectivity index (χ1n) is 13.2. The highest BCUT2D eigenvalue weighted by Crippen LogP contribution is 2.39. The lowest BCUT2D eigenvalue weighted by atomic mass is 9.91. The summed E-state index contributed by atoms with van der Waals surface area (Å²) in [4.78, 5) is 5.44. The molecule has 3 aromatic carbocycles. The number of fused-ring (bicyclic) bond motifs is 2. The van der Waals surface area contributed by atoms with Crippen LogP contribution in [0.1, 0.15) is 49.1 Å². The van der Waals surface area contributed by atoms with E-state index in [1.807, 2.05) is 6.07 Å². The zero-order chi connectivity index (χ0) is 27.5. The van der Waals surface area contributed by atoms with E-state index in [0.29, 0.717) is 18.9 Å². The number of methoxy groups -OCH3 is 2. The molecule has 1 atom stereocenters. The number of nitrogens with zero attached hydrogens (tertiary/aromatic N) is 4. The molecule has 1 aliphatic rings. The van der Waals surface area contributed by atoms with Crippen molar-refractivity contribution in [2.24, 2.45) is 5.11 Å². The van der Waals surface area contributed by atoms with Gasteiger partial charge in [0.15, 0.2) is 19.8 Å². The fourth-order valence-electron chi connectivity index (χ4n) is 4.84. The average molecular weight is 533 g/mol. The molecule has 1 unspecified atom stereocenters. The highest BCUT2D eigenvalue weighted by Gasteiger charge is 2.37. The van der Waals surface area contributed by atoms with E-state index in [4.69, 9.17) is 19.4 Å². The summed E-state index contributed by atoms with van der Waals surface area (Å²) in [6.45, 7) is 14.1. The van der Waals surface area contributed by atoms with E-state index in [2.05, 4.69) is 91.3 Å². The van der Waals surface area contributed by atoms with Crippen molar-refractivity contribution in [3.63, 3.8) is 0 Å². The zero-order valence-electron chi connectivity index (χ0n) is 23.7. The molecule has 8 heteroatoms. The van der Waals surface area contributed by atoms with Crippen LogP contribution >= 0.6 is 0 Å². The molecule has 0 saturated carbocycles. The number of rotatable bonds is 9. The average Bonchev–Trinajstić information content (AvgIpc) is 2.89. The lowest BCUT2D eigenvalue weighted by Gasteiger charge is -2.37. The number of ether oxygens (including phenoxy) is 2. The third-order valence-electron chi connectivity index (χ3n) is 8.19. The second kappa shape index (κ2) is 11.4. The molecule has 38 heavy (non-hydrogen) atoms. The molecule has 0 saturated heterocycles. The predicted molar refractivity (Wildman–Crippen MR) is 156 cm³/mol. The van der Waals surface area contributed by atoms with Crippen LogP contribution < -0.4 is 9.47 Å². The van der Waals surface area contributed by atoms with Crippen LogP contribution in [0.25, 0.3) is 21.2 Å². The smallest absolute Gasteiger partial charge is 0.192 e. The van der Waals surface area contributed by atoms with Crippen molar-refractivity contribution in [2.75, 3.05) is 27.3 Å².